The summed E-state index contributed by atoms with van der Waals surface area (Å²) in [5.41, 5.74) is 4.73. The number of aromatic nitrogens is 1. The Bertz CT molecular complexity index is 1040. The molecule has 0 bridgehead atoms. The molecule has 2 amide bonds. The second-order valence-corrected chi connectivity index (χ2v) is 7.87. The lowest BCUT2D eigenvalue weighted by Crippen LogP contribution is -2.37. The van der Waals surface area contributed by atoms with Gasteiger partial charge in [-0.1, -0.05) is 6.07 Å². The van der Waals surface area contributed by atoms with Gasteiger partial charge in [0, 0.05) is 55.4 Å². The molecule has 2 heterocycles. The third kappa shape index (κ3) is 4.15. The number of nitrogens with zero attached hydrogens (tertiary/aromatic N) is 3. The first-order chi connectivity index (χ1) is 14.5. The maximum absolute atomic E-state index is 13.0. The van der Waals surface area contributed by atoms with E-state index in [1.54, 1.807) is 0 Å². The highest BCUT2D eigenvalue weighted by molar-refractivity contribution is 5.95. The summed E-state index contributed by atoms with van der Waals surface area (Å²) >= 11 is 0. The van der Waals surface area contributed by atoms with Gasteiger partial charge in [0.1, 0.15) is 0 Å². The molecular weight excluding hydrogens is 374 g/mol. The monoisotopic (exact) mass is 401 g/mol. The van der Waals surface area contributed by atoms with Gasteiger partial charge in [-0.2, -0.15) is 0 Å². The zero-order chi connectivity index (χ0) is 21.1. The summed E-state index contributed by atoms with van der Waals surface area (Å²) in [6.45, 7) is 6.51. The predicted octanol–water partition coefficient (Wildman–Crippen LogP) is 4.08. The van der Waals surface area contributed by atoms with Crippen molar-refractivity contribution in [1.29, 1.82) is 0 Å². The Morgan fingerprint density at radius 3 is 1.87 bits per heavy atom. The fourth-order valence-corrected chi connectivity index (χ4v) is 3.85. The molecule has 5 heteroatoms. The van der Waals surface area contributed by atoms with E-state index in [-0.39, 0.29) is 11.8 Å². The SMILES string of the molecule is Cc1ccc(C(=O)N2CCCN(C(=O)c3ccc(-n4cccc4)cc3)CC2)cc1C. The Morgan fingerprint density at radius 2 is 1.27 bits per heavy atom. The normalized spacial score (nSPS) is 14.5. The van der Waals surface area contributed by atoms with Crippen LogP contribution in [0.1, 0.15) is 38.3 Å². The summed E-state index contributed by atoms with van der Waals surface area (Å²) in [7, 11) is 0. The van der Waals surface area contributed by atoms with Crippen molar-refractivity contribution in [1.82, 2.24) is 14.4 Å². The van der Waals surface area contributed by atoms with Crippen molar-refractivity contribution in [2.75, 3.05) is 26.2 Å². The Hall–Kier alpha value is -3.34. The molecule has 1 fully saturated rings. The van der Waals surface area contributed by atoms with Crippen molar-refractivity contribution >= 4 is 11.8 Å². The average molecular weight is 402 g/mol. The summed E-state index contributed by atoms with van der Waals surface area (Å²) in [5, 5.41) is 0. The molecule has 5 nitrogen and oxygen atoms in total. The van der Waals surface area contributed by atoms with E-state index >= 15 is 0 Å². The number of hydrogen-bond acceptors (Lipinski definition) is 2. The lowest BCUT2D eigenvalue weighted by molar-refractivity contribution is 0.0718. The summed E-state index contributed by atoms with van der Waals surface area (Å²) in [4.78, 5) is 29.7. The first kappa shape index (κ1) is 20.0. The highest BCUT2D eigenvalue weighted by Gasteiger charge is 2.23. The van der Waals surface area contributed by atoms with E-state index in [0.29, 0.717) is 31.7 Å². The summed E-state index contributed by atoms with van der Waals surface area (Å²) in [6.07, 6.45) is 4.74. The first-order valence-corrected chi connectivity index (χ1v) is 10.4. The van der Waals surface area contributed by atoms with Crippen molar-refractivity contribution in [3.63, 3.8) is 0 Å². The molecule has 0 atom stereocenters. The average Bonchev–Trinajstić information content (AvgIpc) is 3.19. The second kappa shape index (κ2) is 8.57. The quantitative estimate of drug-likeness (QED) is 0.664. The molecular formula is C25H27N3O2. The fraction of sp³-hybridized carbons (Fsp3) is 0.280. The van der Waals surface area contributed by atoms with Gasteiger partial charge in [-0.25, -0.2) is 0 Å². The minimum atomic E-state index is 0.0227. The van der Waals surface area contributed by atoms with Crippen molar-refractivity contribution in [3.8, 4) is 5.69 Å². The van der Waals surface area contributed by atoms with Crippen LogP contribution >= 0.6 is 0 Å². The van der Waals surface area contributed by atoms with Gasteiger partial charge in [-0.15, -0.1) is 0 Å². The van der Waals surface area contributed by atoms with Crippen LogP contribution in [0.3, 0.4) is 0 Å². The van der Waals surface area contributed by atoms with Gasteiger partial charge in [0.25, 0.3) is 11.8 Å². The van der Waals surface area contributed by atoms with Gasteiger partial charge in [0.2, 0.25) is 0 Å². The van der Waals surface area contributed by atoms with Crippen molar-refractivity contribution in [2.24, 2.45) is 0 Å². The largest absolute Gasteiger partial charge is 0.337 e. The summed E-state index contributed by atoms with van der Waals surface area (Å²) in [6, 6.07) is 17.5. The maximum Gasteiger partial charge on any atom is 0.253 e. The molecule has 2 aromatic carbocycles. The van der Waals surface area contributed by atoms with E-state index in [0.717, 1.165) is 23.2 Å². The van der Waals surface area contributed by atoms with Crippen LogP contribution < -0.4 is 0 Å². The van der Waals surface area contributed by atoms with Crippen LogP contribution in [0.4, 0.5) is 0 Å². The number of rotatable bonds is 3. The predicted molar refractivity (Wildman–Crippen MR) is 118 cm³/mol. The van der Waals surface area contributed by atoms with Crippen LogP contribution in [-0.2, 0) is 0 Å². The highest BCUT2D eigenvalue weighted by atomic mass is 16.2. The smallest absolute Gasteiger partial charge is 0.253 e. The van der Waals surface area contributed by atoms with Gasteiger partial charge in [0.15, 0.2) is 0 Å². The first-order valence-electron chi connectivity index (χ1n) is 10.4. The molecule has 30 heavy (non-hydrogen) atoms. The number of carbonyl (C=O) groups excluding carboxylic acids is 2. The zero-order valence-electron chi connectivity index (χ0n) is 17.5. The van der Waals surface area contributed by atoms with Gasteiger partial charge in [-0.05, 0) is 79.9 Å². The van der Waals surface area contributed by atoms with Crippen LogP contribution in [0.2, 0.25) is 0 Å². The molecule has 1 saturated heterocycles. The van der Waals surface area contributed by atoms with Crippen LogP contribution in [0.5, 0.6) is 0 Å². The van der Waals surface area contributed by atoms with E-state index in [2.05, 4.69) is 0 Å². The van der Waals surface area contributed by atoms with Crippen molar-refractivity contribution in [2.45, 2.75) is 20.3 Å². The maximum atomic E-state index is 13.0. The molecule has 1 aromatic heterocycles. The lowest BCUT2D eigenvalue weighted by atomic mass is 10.1. The van der Waals surface area contributed by atoms with E-state index in [1.165, 1.54) is 5.56 Å². The number of benzene rings is 2. The van der Waals surface area contributed by atoms with Gasteiger partial charge < -0.3 is 14.4 Å². The number of amides is 2. The Kier molecular flexibility index (Phi) is 5.70. The van der Waals surface area contributed by atoms with E-state index in [9.17, 15) is 9.59 Å². The molecule has 0 N–H and O–H groups in total. The molecule has 0 radical (unpaired) electrons. The zero-order valence-corrected chi connectivity index (χ0v) is 17.5. The van der Waals surface area contributed by atoms with E-state index < -0.39 is 0 Å². The number of carbonyl (C=O) groups is 2. The molecule has 154 valence electrons. The van der Waals surface area contributed by atoms with Gasteiger partial charge in [0.05, 0.1) is 0 Å². The summed E-state index contributed by atoms with van der Waals surface area (Å²) < 4.78 is 2.01. The van der Waals surface area contributed by atoms with Crippen LogP contribution in [0.25, 0.3) is 5.69 Å². The Morgan fingerprint density at radius 1 is 0.700 bits per heavy atom. The molecule has 0 unspecified atom stereocenters. The fourth-order valence-electron chi connectivity index (χ4n) is 3.85. The second-order valence-electron chi connectivity index (χ2n) is 7.87. The molecule has 1 aliphatic rings. The Labute approximate surface area is 177 Å². The van der Waals surface area contributed by atoms with Gasteiger partial charge >= 0.3 is 0 Å². The summed E-state index contributed by atoms with van der Waals surface area (Å²) in [5.74, 6) is 0.0676. The lowest BCUT2D eigenvalue weighted by Gasteiger charge is -2.22. The minimum absolute atomic E-state index is 0.0227. The molecule has 1 aliphatic heterocycles. The Balaban J connectivity index is 1.41. The van der Waals surface area contributed by atoms with Crippen molar-refractivity contribution < 1.29 is 9.59 Å². The third-order valence-electron chi connectivity index (χ3n) is 5.84. The van der Waals surface area contributed by atoms with Gasteiger partial charge in [-0.3, -0.25) is 9.59 Å². The molecule has 0 saturated carbocycles. The van der Waals surface area contributed by atoms with E-state index in [1.807, 2.05) is 95.2 Å². The standard InChI is InChI=1S/C25H27N3O2/c1-19-6-7-22(18-20(19)2)25(30)28-15-5-14-27(16-17-28)24(29)21-8-10-23(11-9-21)26-12-3-4-13-26/h3-4,6-13,18H,5,14-17H2,1-2H3. The molecule has 3 aromatic rings. The number of aryl methyl sites for hydroxylation is 2. The van der Waals surface area contributed by atoms with E-state index in [4.69, 9.17) is 0 Å². The van der Waals surface area contributed by atoms with Crippen LogP contribution in [-0.4, -0.2) is 52.4 Å². The molecule has 4 rings (SSSR count). The molecule has 0 aliphatic carbocycles. The molecule has 0 spiro atoms. The highest BCUT2D eigenvalue weighted by Crippen LogP contribution is 2.16. The minimum Gasteiger partial charge on any atom is -0.337 e. The van der Waals surface area contributed by atoms with Crippen molar-refractivity contribution in [3.05, 3.63) is 89.2 Å². The number of hydrogen-bond donors (Lipinski definition) is 0. The van der Waals surface area contributed by atoms with Crippen LogP contribution in [0.15, 0.2) is 67.0 Å². The third-order valence-corrected chi connectivity index (χ3v) is 5.84. The topological polar surface area (TPSA) is 45.6 Å². The van der Waals surface area contributed by atoms with Crippen LogP contribution in [0, 0.1) is 13.8 Å².